The SMILES string of the molecule is COc1cccc2cc(-c3ccc(OCC(=O)N4CC5CC(C4)c4cccc(=O)n4C5)cc3)c(=O)oc12. The van der Waals surface area contributed by atoms with Gasteiger partial charge in [0, 0.05) is 42.7 Å². The van der Waals surface area contributed by atoms with E-state index >= 15 is 0 Å². The summed E-state index contributed by atoms with van der Waals surface area (Å²) in [5.74, 6) is 1.40. The summed E-state index contributed by atoms with van der Waals surface area (Å²) in [5.41, 5.74) is 2.11. The van der Waals surface area contributed by atoms with Crippen molar-refractivity contribution >= 4 is 16.9 Å². The molecule has 8 nitrogen and oxygen atoms in total. The molecule has 2 bridgehead atoms. The van der Waals surface area contributed by atoms with Gasteiger partial charge in [0.05, 0.1) is 12.7 Å². The summed E-state index contributed by atoms with van der Waals surface area (Å²) in [7, 11) is 1.53. The van der Waals surface area contributed by atoms with Crippen LogP contribution in [0.2, 0.25) is 0 Å². The van der Waals surface area contributed by atoms with Gasteiger partial charge in [0.25, 0.3) is 11.5 Å². The molecule has 188 valence electrons. The number of aromatic nitrogens is 1. The number of likely N-dealkylation sites (tertiary alicyclic amines) is 1. The molecule has 0 aliphatic carbocycles. The van der Waals surface area contributed by atoms with Crippen LogP contribution in [0.1, 0.15) is 18.0 Å². The topological polar surface area (TPSA) is 91.0 Å². The lowest BCUT2D eigenvalue weighted by Crippen LogP contribution is -2.50. The molecule has 1 saturated heterocycles. The second-order valence-electron chi connectivity index (χ2n) is 9.64. The summed E-state index contributed by atoms with van der Waals surface area (Å²) in [5, 5.41) is 0.763. The van der Waals surface area contributed by atoms with Crippen LogP contribution >= 0.6 is 0 Å². The molecule has 0 N–H and O–H groups in total. The lowest BCUT2D eigenvalue weighted by atomic mass is 9.83. The first kappa shape index (κ1) is 23.1. The van der Waals surface area contributed by atoms with E-state index in [-0.39, 0.29) is 29.9 Å². The van der Waals surface area contributed by atoms with Crippen LogP contribution in [0.4, 0.5) is 0 Å². The molecule has 0 spiro atoms. The molecule has 2 unspecified atom stereocenters. The quantitative estimate of drug-likeness (QED) is 0.390. The Morgan fingerprint density at radius 1 is 1.00 bits per heavy atom. The lowest BCUT2D eigenvalue weighted by molar-refractivity contribution is -0.136. The molecule has 2 aliphatic rings. The average Bonchev–Trinajstić information content (AvgIpc) is 2.92. The van der Waals surface area contributed by atoms with Crippen molar-refractivity contribution < 1.29 is 18.7 Å². The highest BCUT2D eigenvalue weighted by atomic mass is 16.5. The fraction of sp³-hybridized carbons (Fsp3) is 0.276. The third-order valence-corrected chi connectivity index (χ3v) is 7.30. The van der Waals surface area contributed by atoms with Crippen LogP contribution in [0.25, 0.3) is 22.1 Å². The highest BCUT2D eigenvalue weighted by Crippen LogP contribution is 2.35. The van der Waals surface area contributed by atoms with Crippen molar-refractivity contribution in [1.29, 1.82) is 0 Å². The van der Waals surface area contributed by atoms with E-state index in [2.05, 4.69) is 0 Å². The van der Waals surface area contributed by atoms with Gasteiger partial charge < -0.3 is 23.4 Å². The van der Waals surface area contributed by atoms with Gasteiger partial charge >= 0.3 is 5.63 Å². The Labute approximate surface area is 212 Å². The maximum atomic E-state index is 13.0. The van der Waals surface area contributed by atoms with Crippen LogP contribution in [-0.2, 0) is 11.3 Å². The minimum atomic E-state index is -0.458. The molecule has 2 atom stereocenters. The molecular formula is C29H26N2O6. The van der Waals surface area contributed by atoms with Crippen molar-refractivity contribution in [3.05, 3.63) is 93.2 Å². The van der Waals surface area contributed by atoms with E-state index in [9.17, 15) is 14.4 Å². The molecule has 37 heavy (non-hydrogen) atoms. The smallest absolute Gasteiger partial charge is 0.344 e. The van der Waals surface area contributed by atoms with Crippen LogP contribution in [0.15, 0.2) is 80.7 Å². The molecule has 2 aromatic carbocycles. The van der Waals surface area contributed by atoms with Gasteiger partial charge in [-0.15, -0.1) is 0 Å². The highest BCUT2D eigenvalue weighted by molar-refractivity contribution is 5.86. The summed E-state index contributed by atoms with van der Waals surface area (Å²) < 4.78 is 18.4. The minimum absolute atomic E-state index is 0.0277. The van der Waals surface area contributed by atoms with Crippen molar-refractivity contribution in [3.63, 3.8) is 0 Å². The van der Waals surface area contributed by atoms with Gasteiger partial charge in [-0.1, -0.05) is 30.3 Å². The minimum Gasteiger partial charge on any atom is -0.493 e. The summed E-state index contributed by atoms with van der Waals surface area (Å²) in [6.07, 6.45) is 0.991. The number of carbonyl (C=O) groups excluding carboxylic acids is 1. The van der Waals surface area contributed by atoms with Gasteiger partial charge in [-0.05, 0) is 48.2 Å². The zero-order chi connectivity index (χ0) is 25.5. The second kappa shape index (κ2) is 9.28. The molecule has 2 aliphatic heterocycles. The summed E-state index contributed by atoms with van der Waals surface area (Å²) >= 11 is 0. The van der Waals surface area contributed by atoms with Gasteiger partial charge in [0.2, 0.25) is 0 Å². The fourth-order valence-corrected chi connectivity index (χ4v) is 5.55. The maximum Gasteiger partial charge on any atom is 0.344 e. The molecular weight excluding hydrogens is 472 g/mol. The van der Waals surface area contributed by atoms with Gasteiger partial charge in [-0.3, -0.25) is 9.59 Å². The third kappa shape index (κ3) is 4.28. The van der Waals surface area contributed by atoms with Crippen LogP contribution in [-0.4, -0.2) is 42.2 Å². The van der Waals surface area contributed by atoms with E-state index in [4.69, 9.17) is 13.9 Å². The molecule has 4 heterocycles. The molecule has 0 radical (unpaired) electrons. The van der Waals surface area contributed by atoms with E-state index in [1.54, 1.807) is 48.5 Å². The predicted octanol–water partition coefficient (Wildman–Crippen LogP) is 3.66. The first-order valence-corrected chi connectivity index (χ1v) is 12.3. The first-order chi connectivity index (χ1) is 18.0. The summed E-state index contributed by atoms with van der Waals surface area (Å²) in [6, 6.07) is 19.6. The number of nitrogens with zero attached hydrogens (tertiary/aromatic N) is 2. The molecule has 6 rings (SSSR count). The number of piperidine rings is 1. The molecule has 1 amide bonds. The number of pyridine rings is 1. The Kier molecular flexibility index (Phi) is 5.79. The molecule has 0 saturated carbocycles. The standard InChI is InChI=1S/C29H26N2O6/c1-35-25-6-2-4-20-13-23(29(34)37-28(20)25)19-8-10-22(11-9-19)36-17-27(33)30-14-18-12-21(16-30)24-5-3-7-26(32)31(24)15-18/h2-11,13,18,21H,12,14-17H2,1H3. The van der Waals surface area contributed by atoms with Crippen LogP contribution in [0.3, 0.4) is 0 Å². The molecule has 2 aromatic heterocycles. The summed E-state index contributed by atoms with van der Waals surface area (Å²) in [4.78, 5) is 39.7. The maximum absolute atomic E-state index is 13.0. The first-order valence-electron chi connectivity index (χ1n) is 12.3. The number of para-hydroxylation sites is 1. The van der Waals surface area contributed by atoms with Crippen molar-refractivity contribution in [2.45, 2.75) is 18.9 Å². The zero-order valence-electron chi connectivity index (χ0n) is 20.4. The number of hydrogen-bond donors (Lipinski definition) is 0. The number of hydrogen-bond acceptors (Lipinski definition) is 6. The second-order valence-corrected chi connectivity index (χ2v) is 9.64. The Morgan fingerprint density at radius 2 is 1.81 bits per heavy atom. The van der Waals surface area contributed by atoms with Crippen molar-refractivity contribution in [3.8, 4) is 22.6 Å². The Bertz CT molecular complexity index is 1600. The Balaban J connectivity index is 1.13. The van der Waals surface area contributed by atoms with Crippen LogP contribution in [0.5, 0.6) is 11.5 Å². The fourth-order valence-electron chi connectivity index (χ4n) is 5.55. The normalized spacial score (nSPS) is 18.4. The number of rotatable bonds is 5. The van der Waals surface area contributed by atoms with E-state index in [1.165, 1.54) is 7.11 Å². The summed E-state index contributed by atoms with van der Waals surface area (Å²) in [6.45, 7) is 1.79. The van der Waals surface area contributed by atoms with Crippen molar-refractivity contribution in [2.24, 2.45) is 5.92 Å². The van der Waals surface area contributed by atoms with Gasteiger partial charge in [-0.25, -0.2) is 4.79 Å². The van der Waals surface area contributed by atoms with E-state index < -0.39 is 5.63 Å². The number of ether oxygens (including phenoxy) is 2. The Morgan fingerprint density at radius 3 is 2.62 bits per heavy atom. The van der Waals surface area contributed by atoms with Crippen molar-refractivity contribution in [1.82, 2.24) is 9.47 Å². The highest BCUT2D eigenvalue weighted by Gasteiger charge is 2.36. The third-order valence-electron chi connectivity index (χ3n) is 7.30. The average molecular weight is 499 g/mol. The lowest BCUT2D eigenvalue weighted by Gasteiger charge is -2.42. The van der Waals surface area contributed by atoms with E-state index in [1.807, 2.05) is 27.7 Å². The van der Waals surface area contributed by atoms with E-state index in [0.29, 0.717) is 47.8 Å². The van der Waals surface area contributed by atoms with Gasteiger partial charge in [-0.2, -0.15) is 0 Å². The number of benzene rings is 2. The zero-order valence-corrected chi connectivity index (χ0v) is 20.4. The van der Waals surface area contributed by atoms with E-state index in [0.717, 1.165) is 17.5 Å². The van der Waals surface area contributed by atoms with Gasteiger partial charge in [0.1, 0.15) is 5.75 Å². The predicted molar refractivity (Wildman–Crippen MR) is 138 cm³/mol. The van der Waals surface area contributed by atoms with Crippen molar-refractivity contribution in [2.75, 3.05) is 26.8 Å². The number of carbonyl (C=O) groups is 1. The number of fused-ring (bicyclic) bond motifs is 5. The number of amides is 1. The monoisotopic (exact) mass is 498 g/mol. The van der Waals surface area contributed by atoms with Gasteiger partial charge in [0.15, 0.2) is 17.9 Å². The number of methoxy groups -OCH3 is 1. The largest absolute Gasteiger partial charge is 0.493 e. The molecule has 4 aromatic rings. The van der Waals surface area contributed by atoms with Crippen LogP contribution in [0, 0.1) is 5.92 Å². The van der Waals surface area contributed by atoms with Crippen LogP contribution < -0.4 is 20.7 Å². The Hall–Kier alpha value is -4.33. The molecule has 8 heteroatoms. The molecule has 1 fully saturated rings.